The summed E-state index contributed by atoms with van der Waals surface area (Å²) in [5, 5.41) is 56.1. The van der Waals surface area contributed by atoms with Gasteiger partial charge in [-0.1, -0.05) is 84.9 Å². The molecule has 0 saturated carbocycles. The van der Waals surface area contributed by atoms with Gasteiger partial charge in [0.2, 0.25) is 17.2 Å². The molecule has 0 aliphatic rings. The van der Waals surface area contributed by atoms with Crippen LogP contribution in [-0.2, 0) is 0 Å². The molecule has 8 rings (SSSR count). The van der Waals surface area contributed by atoms with Crippen LogP contribution in [0.3, 0.4) is 0 Å². The summed E-state index contributed by atoms with van der Waals surface area (Å²) in [4.78, 5) is 5.08. The zero-order chi connectivity index (χ0) is 28.7. The van der Waals surface area contributed by atoms with Crippen molar-refractivity contribution in [3.05, 3.63) is 103 Å². The fourth-order valence-corrected chi connectivity index (χ4v) is 6.09. The van der Waals surface area contributed by atoms with Crippen LogP contribution in [0, 0.1) is 0 Å². The molecular weight excluding hydrogens is 528 g/mol. The highest BCUT2D eigenvalue weighted by molar-refractivity contribution is 6.23. The number of hydrogen-bond acceptors (Lipinski definition) is 6. The highest BCUT2D eigenvalue weighted by atomic mass is 16.4. The van der Waals surface area contributed by atoms with Gasteiger partial charge in [0, 0.05) is 10.8 Å². The summed E-state index contributed by atoms with van der Waals surface area (Å²) in [5.41, 5.74) is 5.81. The zero-order valence-electron chi connectivity index (χ0n) is 21.9. The molecule has 0 aliphatic heterocycles. The van der Waals surface area contributed by atoms with Crippen LogP contribution in [-0.4, -0.2) is 34.9 Å². The van der Waals surface area contributed by atoms with E-state index in [1.54, 1.807) is 12.1 Å². The molecule has 42 heavy (non-hydrogen) atoms. The largest absolute Gasteiger partial charge is 0.504 e. The van der Waals surface area contributed by atoms with Gasteiger partial charge in [-0.25, -0.2) is 4.98 Å². The topological polar surface area (TPSA) is 118 Å². The van der Waals surface area contributed by atoms with Gasteiger partial charge in [-0.3, -0.25) is 4.40 Å². The molecular formula is C35H22N2O5. The van der Waals surface area contributed by atoms with Crippen molar-refractivity contribution < 1.29 is 25.5 Å². The lowest BCUT2D eigenvalue weighted by Gasteiger charge is -2.14. The van der Waals surface area contributed by atoms with Crippen LogP contribution in [0.4, 0.5) is 0 Å². The number of benzene rings is 6. The molecule has 6 aromatic carbocycles. The fraction of sp³-hybridized carbons (Fsp3) is 0. The van der Waals surface area contributed by atoms with Crippen molar-refractivity contribution in [1.82, 2.24) is 9.38 Å². The van der Waals surface area contributed by atoms with Crippen molar-refractivity contribution in [3.8, 4) is 51.0 Å². The zero-order valence-corrected chi connectivity index (χ0v) is 21.9. The standard InChI is InChI=1S/C35H22N2O5/c38-30-28(31(39)33(41)34(42)32(30)40)20-11-9-18(10-12-20)21-14-15-23-24-16-13-19-5-1-2-6-22(19)29(24)35-36-25-7-3-4-8-26(25)37(35)27(23)17-21/h1-17,38-42H. The summed E-state index contributed by atoms with van der Waals surface area (Å²) in [6.45, 7) is 0. The minimum absolute atomic E-state index is 0.182. The third kappa shape index (κ3) is 3.19. The minimum atomic E-state index is -0.986. The lowest BCUT2D eigenvalue weighted by Crippen LogP contribution is -1.93. The van der Waals surface area contributed by atoms with E-state index in [-0.39, 0.29) is 5.56 Å². The van der Waals surface area contributed by atoms with Crippen LogP contribution in [0.25, 0.3) is 71.4 Å². The van der Waals surface area contributed by atoms with Gasteiger partial charge in [-0.2, -0.15) is 0 Å². The van der Waals surface area contributed by atoms with Gasteiger partial charge in [0.1, 0.15) is 5.65 Å². The second-order valence-electron chi connectivity index (χ2n) is 10.4. The van der Waals surface area contributed by atoms with Crippen LogP contribution in [0.1, 0.15) is 0 Å². The van der Waals surface area contributed by atoms with E-state index in [1.807, 2.05) is 36.4 Å². The number of hydrogen-bond donors (Lipinski definition) is 5. The highest BCUT2D eigenvalue weighted by Gasteiger charge is 2.24. The van der Waals surface area contributed by atoms with Gasteiger partial charge >= 0.3 is 0 Å². The molecule has 2 aromatic heterocycles. The van der Waals surface area contributed by atoms with E-state index in [4.69, 9.17) is 4.98 Å². The molecule has 8 aromatic rings. The molecule has 0 radical (unpaired) electrons. The second-order valence-corrected chi connectivity index (χ2v) is 10.4. The average Bonchev–Trinajstić information content (AvgIpc) is 3.42. The van der Waals surface area contributed by atoms with Gasteiger partial charge < -0.3 is 25.5 Å². The number of aromatic hydroxyl groups is 5. The van der Waals surface area contributed by atoms with Crippen LogP contribution in [0.5, 0.6) is 28.7 Å². The number of fused-ring (bicyclic) bond motifs is 10. The molecule has 5 N–H and O–H groups in total. The normalized spacial score (nSPS) is 11.8. The molecule has 0 saturated heterocycles. The quantitative estimate of drug-likeness (QED) is 0.0851. The molecule has 0 spiro atoms. The lowest BCUT2D eigenvalue weighted by atomic mass is 9.96. The third-order valence-electron chi connectivity index (χ3n) is 8.12. The molecule has 202 valence electrons. The van der Waals surface area contributed by atoms with Gasteiger partial charge in [-0.05, 0) is 51.0 Å². The SMILES string of the molecule is Oc1c(O)c(O)c(-c2ccc(-c3ccc4c5ccc6ccccc6c5c5nc6ccccc6n5c4c3)cc2)c(O)c1O. The van der Waals surface area contributed by atoms with E-state index in [9.17, 15) is 25.5 Å². The minimum Gasteiger partial charge on any atom is -0.504 e. The Hall–Kier alpha value is -5.95. The summed E-state index contributed by atoms with van der Waals surface area (Å²) in [6, 6.07) is 34.1. The van der Waals surface area contributed by atoms with E-state index in [1.165, 1.54) is 0 Å². The van der Waals surface area contributed by atoms with Crippen molar-refractivity contribution in [1.29, 1.82) is 0 Å². The van der Waals surface area contributed by atoms with Crippen LogP contribution in [0.2, 0.25) is 0 Å². The average molecular weight is 551 g/mol. The van der Waals surface area contributed by atoms with Crippen LogP contribution < -0.4 is 0 Å². The first-order chi connectivity index (χ1) is 20.4. The maximum Gasteiger partial charge on any atom is 0.208 e. The van der Waals surface area contributed by atoms with Crippen molar-refractivity contribution in [2.24, 2.45) is 0 Å². The summed E-state index contributed by atoms with van der Waals surface area (Å²) in [7, 11) is 0. The third-order valence-corrected chi connectivity index (χ3v) is 8.12. The Labute approximate surface area is 238 Å². The molecule has 2 heterocycles. The summed E-state index contributed by atoms with van der Waals surface area (Å²) in [6.07, 6.45) is 0. The maximum atomic E-state index is 10.4. The smallest absolute Gasteiger partial charge is 0.208 e. The molecule has 7 heteroatoms. The van der Waals surface area contributed by atoms with Gasteiger partial charge in [0.25, 0.3) is 0 Å². The molecule has 0 unspecified atom stereocenters. The Morgan fingerprint density at radius 1 is 0.476 bits per heavy atom. The van der Waals surface area contributed by atoms with E-state index in [0.717, 1.165) is 60.3 Å². The Balaban J connectivity index is 1.37. The van der Waals surface area contributed by atoms with Crippen LogP contribution in [0.15, 0.2) is 103 Å². The van der Waals surface area contributed by atoms with Crippen molar-refractivity contribution in [2.45, 2.75) is 0 Å². The number of pyridine rings is 1. The Morgan fingerprint density at radius 3 is 1.88 bits per heavy atom. The number of para-hydroxylation sites is 2. The van der Waals surface area contributed by atoms with Crippen LogP contribution >= 0.6 is 0 Å². The van der Waals surface area contributed by atoms with Crippen molar-refractivity contribution >= 4 is 49.1 Å². The van der Waals surface area contributed by atoms with E-state index in [2.05, 4.69) is 59.0 Å². The number of aromatic nitrogens is 2. The van der Waals surface area contributed by atoms with E-state index in [0.29, 0.717) is 5.56 Å². The monoisotopic (exact) mass is 550 g/mol. The van der Waals surface area contributed by atoms with E-state index >= 15 is 0 Å². The summed E-state index contributed by atoms with van der Waals surface area (Å²) < 4.78 is 2.22. The first-order valence-electron chi connectivity index (χ1n) is 13.4. The fourth-order valence-electron chi connectivity index (χ4n) is 6.09. The Bertz CT molecular complexity index is 2380. The number of phenolic OH excluding ortho intramolecular Hbond substituents is 5. The van der Waals surface area contributed by atoms with Crippen molar-refractivity contribution in [3.63, 3.8) is 0 Å². The van der Waals surface area contributed by atoms with E-state index < -0.39 is 28.7 Å². The Morgan fingerprint density at radius 2 is 1.10 bits per heavy atom. The predicted octanol–water partition coefficient (Wildman–Crippen LogP) is 7.81. The second kappa shape index (κ2) is 8.52. The molecule has 0 atom stereocenters. The highest BCUT2D eigenvalue weighted by Crippen LogP contribution is 2.54. The van der Waals surface area contributed by atoms with Crippen molar-refractivity contribution in [2.75, 3.05) is 0 Å². The maximum absolute atomic E-state index is 10.4. The molecule has 7 nitrogen and oxygen atoms in total. The molecule has 0 fully saturated rings. The number of imidazole rings is 1. The number of nitrogens with zero attached hydrogens (tertiary/aromatic N) is 2. The predicted molar refractivity (Wildman–Crippen MR) is 164 cm³/mol. The first-order valence-corrected chi connectivity index (χ1v) is 13.4. The number of rotatable bonds is 2. The van der Waals surface area contributed by atoms with Gasteiger partial charge in [-0.15, -0.1) is 0 Å². The summed E-state index contributed by atoms with van der Waals surface area (Å²) >= 11 is 0. The number of phenols is 5. The van der Waals surface area contributed by atoms with Gasteiger partial charge in [0.05, 0.1) is 22.1 Å². The first kappa shape index (κ1) is 23.9. The lowest BCUT2D eigenvalue weighted by molar-refractivity contribution is 0.330. The summed E-state index contributed by atoms with van der Waals surface area (Å²) in [5.74, 6) is -4.25. The molecule has 0 amide bonds. The molecule has 0 bridgehead atoms. The Kier molecular flexibility index (Phi) is 4.85. The molecule has 0 aliphatic carbocycles. The van der Waals surface area contributed by atoms with Gasteiger partial charge in [0.15, 0.2) is 11.5 Å².